The van der Waals surface area contributed by atoms with Crippen LogP contribution in [0, 0.1) is 0 Å². The maximum absolute atomic E-state index is 10.4. The second-order valence-corrected chi connectivity index (χ2v) is 3.84. The van der Waals surface area contributed by atoms with E-state index in [0.717, 1.165) is 5.75 Å². The van der Waals surface area contributed by atoms with Crippen molar-refractivity contribution in [1.82, 2.24) is 0 Å². The molecule has 0 aromatic carbocycles. The van der Waals surface area contributed by atoms with Crippen molar-refractivity contribution in [3.8, 4) is 0 Å². The number of ether oxygens (including phenoxy) is 1. The van der Waals surface area contributed by atoms with E-state index in [1.54, 1.807) is 11.8 Å². The number of halogens is 1. The quantitative estimate of drug-likeness (QED) is 0.664. The fourth-order valence-corrected chi connectivity index (χ4v) is 2.00. The van der Waals surface area contributed by atoms with Gasteiger partial charge < -0.3 is 9.84 Å². The molecule has 0 aromatic rings. The van der Waals surface area contributed by atoms with Gasteiger partial charge in [0.1, 0.15) is 0 Å². The normalized spacial score (nSPS) is 27.9. The van der Waals surface area contributed by atoms with E-state index in [1.807, 2.05) is 0 Å². The van der Waals surface area contributed by atoms with Gasteiger partial charge in [-0.1, -0.05) is 0 Å². The molecule has 0 amide bonds. The lowest BCUT2D eigenvalue weighted by Crippen LogP contribution is -2.36. The molecule has 0 spiro atoms. The van der Waals surface area contributed by atoms with E-state index in [1.165, 1.54) is 0 Å². The van der Waals surface area contributed by atoms with Crippen LogP contribution in [0.25, 0.3) is 0 Å². The number of carboxylic acids is 1. The number of rotatable bonds is 2. The summed E-state index contributed by atoms with van der Waals surface area (Å²) in [7, 11) is 0. The SMILES string of the molecule is O=C(O)C(Cl)C1CSCCO1. The van der Waals surface area contributed by atoms with Crippen LogP contribution in [-0.4, -0.2) is 40.7 Å². The molecule has 1 aliphatic heterocycles. The van der Waals surface area contributed by atoms with E-state index in [2.05, 4.69) is 0 Å². The number of carboxylic acid groups (broad SMARTS) is 1. The number of alkyl halides is 1. The van der Waals surface area contributed by atoms with Crippen LogP contribution in [-0.2, 0) is 9.53 Å². The molecule has 2 unspecified atom stereocenters. The fourth-order valence-electron chi connectivity index (χ4n) is 0.834. The summed E-state index contributed by atoms with van der Waals surface area (Å²) in [6.45, 7) is 0.603. The van der Waals surface area contributed by atoms with Crippen molar-refractivity contribution in [3.05, 3.63) is 0 Å². The molecule has 0 bridgehead atoms. The maximum atomic E-state index is 10.4. The summed E-state index contributed by atoms with van der Waals surface area (Å²) in [4.78, 5) is 10.4. The molecule has 11 heavy (non-hydrogen) atoms. The summed E-state index contributed by atoms with van der Waals surface area (Å²) in [6.07, 6.45) is -0.326. The maximum Gasteiger partial charge on any atom is 0.324 e. The Morgan fingerprint density at radius 1 is 1.82 bits per heavy atom. The van der Waals surface area contributed by atoms with Gasteiger partial charge in [0, 0.05) is 11.5 Å². The molecular formula is C6H9ClO3S. The molecule has 1 rings (SSSR count). The molecule has 5 heteroatoms. The molecule has 3 nitrogen and oxygen atoms in total. The Morgan fingerprint density at radius 3 is 3.00 bits per heavy atom. The molecule has 1 fully saturated rings. The summed E-state index contributed by atoms with van der Waals surface area (Å²) in [5, 5.41) is 7.61. The highest BCUT2D eigenvalue weighted by Gasteiger charge is 2.28. The van der Waals surface area contributed by atoms with Crippen LogP contribution in [0.2, 0.25) is 0 Å². The molecule has 0 radical (unpaired) electrons. The van der Waals surface area contributed by atoms with E-state index >= 15 is 0 Å². The zero-order valence-corrected chi connectivity index (χ0v) is 7.40. The Morgan fingerprint density at radius 2 is 2.55 bits per heavy atom. The Hall–Kier alpha value is 0.0700. The minimum Gasteiger partial charge on any atom is -0.480 e. The van der Waals surface area contributed by atoms with Crippen LogP contribution < -0.4 is 0 Å². The van der Waals surface area contributed by atoms with Crippen molar-refractivity contribution in [2.45, 2.75) is 11.5 Å². The first kappa shape index (κ1) is 9.16. The lowest BCUT2D eigenvalue weighted by atomic mass is 10.3. The minimum absolute atomic E-state index is 0.326. The van der Waals surface area contributed by atoms with Crippen molar-refractivity contribution < 1.29 is 14.6 Å². The lowest BCUT2D eigenvalue weighted by molar-refractivity contribution is -0.139. The molecule has 1 heterocycles. The average molecular weight is 197 g/mol. The predicted molar refractivity (Wildman–Crippen MR) is 44.3 cm³/mol. The number of hydrogen-bond acceptors (Lipinski definition) is 3. The topological polar surface area (TPSA) is 46.5 Å². The zero-order valence-electron chi connectivity index (χ0n) is 5.83. The van der Waals surface area contributed by atoms with Gasteiger partial charge in [0.25, 0.3) is 0 Å². The molecule has 0 aromatic heterocycles. The van der Waals surface area contributed by atoms with Gasteiger partial charge in [-0.3, -0.25) is 4.79 Å². The molecular weight excluding hydrogens is 188 g/mol. The van der Waals surface area contributed by atoms with Crippen molar-refractivity contribution in [1.29, 1.82) is 0 Å². The summed E-state index contributed by atoms with van der Waals surface area (Å²) in [5.74, 6) is 0.611. The largest absolute Gasteiger partial charge is 0.480 e. The van der Waals surface area contributed by atoms with E-state index in [0.29, 0.717) is 12.4 Å². The van der Waals surface area contributed by atoms with Crippen LogP contribution in [0.1, 0.15) is 0 Å². The summed E-state index contributed by atoms with van der Waals surface area (Å²) in [5.41, 5.74) is 0. The van der Waals surface area contributed by atoms with Gasteiger partial charge >= 0.3 is 5.97 Å². The third kappa shape index (κ3) is 2.54. The molecule has 1 aliphatic rings. The first-order valence-electron chi connectivity index (χ1n) is 3.28. The first-order chi connectivity index (χ1) is 5.22. The Balaban J connectivity index is 2.38. The standard InChI is InChI=1S/C6H9ClO3S/c7-5(6(8)9)4-3-11-2-1-10-4/h4-5H,1-3H2,(H,8,9). The number of hydrogen-bond donors (Lipinski definition) is 1. The molecule has 0 saturated carbocycles. The van der Waals surface area contributed by atoms with Crippen molar-refractivity contribution in [2.24, 2.45) is 0 Å². The van der Waals surface area contributed by atoms with Crippen LogP contribution in [0.3, 0.4) is 0 Å². The summed E-state index contributed by atoms with van der Waals surface area (Å²) >= 11 is 7.23. The van der Waals surface area contributed by atoms with E-state index in [9.17, 15) is 4.79 Å². The number of carbonyl (C=O) groups is 1. The molecule has 0 aliphatic carbocycles. The summed E-state index contributed by atoms with van der Waals surface area (Å²) in [6, 6.07) is 0. The lowest BCUT2D eigenvalue weighted by Gasteiger charge is -2.23. The molecule has 1 saturated heterocycles. The highest BCUT2D eigenvalue weighted by Crippen LogP contribution is 2.18. The number of thioether (sulfide) groups is 1. The zero-order chi connectivity index (χ0) is 8.27. The predicted octanol–water partition coefficient (Wildman–Crippen LogP) is 0.810. The van der Waals surface area contributed by atoms with E-state index in [-0.39, 0.29) is 6.10 Å². The molecule has 1 N–H and O–H groups in total. The van der Waals surface area contributed by atoms with Crippen molar-refractivity contribution in [2.75, 3.05) is 18.1 Å². The van der Waals surface area contributed by atoms with Crippen molar-refractivity contribution in [3.63, 3.8) is 0 Å². The minimum atomic E-state index is -1.00. The molecule has 64 valence electrons. The van der Waals surface area contributed by atoms with E-state index < -0.39 is 11.3 Å². The second-order valence-electron chi connectivity index (χ2n) is 2.22. The van der Waals surface area contributed by atoms with E-state index in [4.69, 9.17) is 21.4 Å². The van der Waals surface area contributed by atoms with Gasteiger partial charge in [0.05, 0.1) is 12.7 Å². The highest BCUT2D eigenvalue weighted by molar-refractivity contribution is 7.99. The third-order valence-corrected chi connectivity index (χ3v) is 2.89. The monoisotopic (exact) mass is 196 g/mol. The fraction of sp³-hybridized carbons (Fsp3) is 0.833. The van der Waals surface area contributed by atoms with Gasteiger partial charge in [-0.25, -0.2) is 0 Å². The first-order valence-corrected chi connectivity index (χ1v) is 4.87. The van der Waals surface area contributed by atoms with Crippen LogP contribution in [0.5, 0.6) is 0 Å². The summed E-state index contributed by atoms with van der Waals surface area (Å²) < 4.78 is 5.17. The number of aliphatic carboxylic acids is 1. The Labute approximate surface area is 74.1 Å². The van der Waals surface area contributed by atoms with Crippen LogP contribution in [0.4, 0.5) is 0 Å². The Bertz CT molecular complexity index is 147. The van der Waals surface area contributed by atoms with Crippen molar-refractivity contribution >= 4 is 29.3 Å². The van der Waals surface area contributed by atoms with Gasteiger partial charge in [0.15, 0.2) is 5.38 Å². The van der Waals surface area contributed by atoms with Gasteiger partial charge in [-0.2, -0.15) is 11.8 Å². The van der Waals surface area contributed by atoms with Gasteiger partial charge in [-0.05, 0) is 0 Å². The highest BCUT2D eigenvalue weighted by atomic mass is 35.5. The Kier molecular flexibility index (Phi) is 3.48. The second kappa shape index (κ2) is 4.18. The average Bonchev–Trinajstić information content (AvgIpc) is 2.05. The van der Waals surface area contributed by atoms with Gasteiger partial charge in [-0.15, -0.1) is 11.6 Å². The smallest absolute Gasteiger partial charge is 0.324 e. The van der Waals surface area contributed by atoms with Crippen LogP contribution in [0.15, 0.2) is 0 Å². The van der Waals surface area contributed by atoms with Gasteiger partial charge in [0.2, 0.25) is 0 Å². The third-order valence-electron chi connectivity index (χ3n) is 1.40. The van der Waals surface area contributed by atoms with Crippen LogP contribution >= 0.6 is 23.4 Å². The molecule has 2 atom stereocenters.